The van der Waals surface area contributed by atoms with Crippen LogP contribution in [0.5, 0.6) is 0 Å². The molecule has 0 unspecified atom stereocenters. The molecule has 4 N–H and O–H groups in total. The summed E-state index contributed by atoms with van der Waals surface area (Å²) in [7, 11) is 0. The number of alkyl carbamates (subject to hydrolysis) is 2. The van der Waals surface area contributed by atoms with Crippen LogP contribution in [0.3, 0.4) is 0 Å². The minimum Gasteiger partial charge on any atom is -0.444 e. The first-order valence-electron chi connectivity index (χ1n) is 11.2. The van der Waals surface area contributed by atoms with Gasteiger partial charge in [0.25, 0.3) is 0 Å². The maximum absolute atomic E-state index is 11.5. The van der Waals surface area contributed by atoms with E-state index in [4.69, 9.17) is 9.47 Å². The van der Waals surface area contributed by atoms with Crippen LogP contribution in [-0.4, -0.2) is 61.7 Å². The van der Waals surface area contributed by atoms with Gasteiger partial charge in [0.05, 0.1) is 0 Å². The van der Waals surface area contributed by atoms with Gasteiger partial charge in [0.1, 0.15) is 11.2 Å². The molecule has 2 aliphatic rings. The summed E-state index contributed by atoms with van der Waals surface area (Å²) < 4.78 is 10.4. The van der Waals surface area contributed by atoms with Crippen molar-refractivity contribution in [3.05, 3.63) is 0 Å². The van der Waals surface area contributed by atoms with Crippen molar-refractivity contribution in [2.24, 2.45) is 11.8 Å². The van der Waals surface area contributed by atoms with Gasteiger partial charge in [-0.3, -0.25) is 0 Å². The number of hydrogen-bond acceptors (Lipinski definition) is 6. The highest BCUT2D eigenvalue weighted by atomic mass is 16.6. The van der Waals surface area contributed by atoms with Crippen LogP contribution in [0.25, 0.3) is 0 Å². The van der Waals surface area contributed by atoms with Crippen LogP contribution in [0.15, 0.2) is 0 Å². The van der Waals surface area contributed by atoms with E-state index < -0.39 is 11.2 Å². The molecule has 2 amide bonds. The predicted molar refractivity (Wildman–Crippen MR) is 120 cm³/mol. The molecule has 8 nitrogen and oxygen atoms in total. The molecule has 4 atom stereocenters. The third kappa shape index (κ3) is 11.6. The Morgan fingerprint density at radius 2 is 1.07 bits per heavy atom. The second kappa shape index (κ2) is 11.7. The summed E-state index contributed by atoms with van der Waals surface area (Å²) >= 11 is 0. The number of piperidine rings is 2. The van der Waals surface area contributed by atoms with E-state index in [1.165, 1.54) is 0 Å². The highest BCUT2D eigenvalue weighted by Gasteiger charge is 2.26. The Balaban J connectivity index is 0.000000300. The van der Waals surface area contributed by atoms with Gasteiger partial charge in [0.15, 0.2) is 0 Å². The van der Waals surface area contributed by atoms with Gasteiger partial charge in [-0.05, 0) is 92.4 Å². The molecular weight excluding hydrogens is 384 g/mol. The Morgan fingerprint density at radius 1 is 0.733 bits per heavy atom. The molecule has 2 heterocycles. The van der Waals surface area contributed by atoms with Crippen molar-refractivity contribution < 1.29 is 19.1 Å². The minimum atomic E-state index is -0.416. The molecule has 176 valence electrons. The summed E-state index contributed by atoms with van der Waals surface area (Å²) in [4.78, 5) is 23.0. The van der Waals surface area contributed by atoms with Crippen molar-refractivity contribution in [3.63, 3.8) is 0 Å². The number of hydrogen-bond donors (Lipinski definition) is 4. The van der Waals surface area contributed by atoms with Crippen LogP contribution in [0, 0.1) is 11.8 Å². The Labute approximate surface area is 182 Å². The summed E-state index contributed by atoms with van der Waals surface area (Å²) in [5, 5.41) is 12.4. The lowest BCUT2D eigenvalue weighted by molar-refractivity contribution is 0.0466. The normalized spacial score (nSPS) is 27.2. The quantitative estimate of drug-likeness (QED) is 0.539. The van der Waals surface area contributed by atoms with E-state index >= 15 is 0 Å². The molecule has 0 aromatic heterocycles. The van der Waals surface area contributed by atoms with E-state index in [0.717, 1.165) is 39.0 Å². The molecule has 2 fully saturated rings. The van der Waals surface area contributed by atoms with E-state index in [9.17, 15) is 9.59 Å². The minimum absolute atomic E-state index is 0.237. The number of amides is 2. The number of ether oxygens (including phenoxy) is 2. The van der Waals surface area contributed by atoms with Crippen molar-refractivity contribution in [1.82, 2.24) is 21.3 Å². The summed E-state index contributed by atoms with van der Waals surface area (Å²) in [6.45, 7) is 19.4. The van der Waals surface area contributed by atoms with Crippen molar-refractivity contribution >= 4 is 12.2 Å². The predicted octanol–water partition coefficient (Wildman–Crippen LogP) is 3.02. The summed E-state index contributed by atoms with van der Waals surface area (Å²) in [5.74, 6) is 0.928. The summed E-state index contributed by atoms with van der Waals surface area (Å²) in [6.07, 6.45) is 1.34. The smallest absolute Gasteiger partial charge is 0.407 e. The van der Waals surface area contributed by atoms with Gasteiger partial charge in [-0.1, -0.05) is 13.8 Å². The average molecular weight is 429 g/mol. The van der Waals surface area contributed by atoms with Crippen LogP contribution in [0.2, 0.25) is 0 Å². The lowest BCUT2D eigenvalue weighted by Gasteiger charge is -2.31. The molecular formula is C22H44N4O4. The van der Waals surface area contributed by atoms with Gasteiger partial charge in [0.2, 0.25) is 0 Å². The third-order valence-electron chi connectivity index (χ3n) is 4.97. The second-order valence-electron chi connectivity index (χ2n) is 10.4. The maximum Gasteiger partial charge on any atom is 0.407 e. The third-order valence-corrected chi connectivity index (χ3v) is 4.97. The molecule has 0 radical (unpaired) electrons. The van der Waals surface area contributed by atoms with Crippen molar-refractivity contribution in [1.29, 1.82) is 0 Å². The Kier molecular flexibility index (Phi) is 10.4. The zero-order valence-corrected chi connectivity index (χ0v) is 20.2. The molecule has 2 rings (SSSR count). The number of nitrogens with one attached hydrogen (secondary N) is 4. The zero-order chi connectivity index (χ0) is 22.9. The Bertz CT molecular complexity index is 494. The Hall–Kier alpha value is -1.54. The van der Waals surface area contributed by atoms with Gasteiger partial charge < -0.3 is 30.7 Å². The van der Waals surface area contributed by atoms with Crippen molar-refractivity contribution in [3.8, 4) is 0 Å². The first-order chi connectivity index (χ1) is 13.8. The molecule has 2 saturated heterocycles. The lowest BCUT2D eigenvalue weighted by atomic mass is 9.96. The van der Waals surface area contributed by atoms with Crippen LogP contribution in [0.4, 0.5) is 9.59 Å². The molecule has 0 aromatic rings. The van der Waals surface area contributed by atoms with E-state index in [1.807, 2.05) is 41.5 Å². The van der Waals surface area contributed by atoms with E-state index in [0.29, 0.717) is 11.8 Å². The molecule has 30 heavy (non-hydrogen) atoms. The average Bonchev–Trinajstić information content (AvgIpc) is 2.56. The molecule has 0 bridgehead atoms. The summed E-state index contributed by atoms with van der Waals surface area (Å²) in [5.41, 5.74) is -0.833. The molecule has 0 aliphatic carbocycles. The van der Waals surface area contributed by atoms with Gasteiger partial charge in [-0.15, -0.1) is 0 Å². The van der Waals surface area contributed by atoms with Crippen molar-refractivity contribution in [2.45, 2.75) is 91.5 Å². The van der Waals surface area contributed by atoms with E-state index in [-0.39, 0.29) is 24.3 Å². The molecule has 2 aliphatic heterocycles. The van der Waals surface area contributed by atoms with Crippen LogP contribution in [-0.2, 0) is 9.47 Å². The van der Waals surface area contributed by atoms with Gasteiger partial charge in [-0.2, -0.15) is 0 Å². The van der Waals surface area contributed by atoms with Gasteiger partial charge in [-0.25, -0.2) is 9.59 Å². The molecule has 0 aromatic carbocycles. The fraction of sp³-hybridized carbons (Fsp3) is 0.909. The molecule has 8 heteroatoms. The summed E-state index contributed by atoms with van der Waals surface area (Å²) in [6, 6.07) is 0.474. The fourth-order valence-electron chi connectivity index (χ4n) is 3.37. The monoisotopic (exact) mass is 428 g/mol. The van der Waals surface area contributed by atoms with E-state index in [1.54, 1.807) is 0 Å². The SMILES string of the molecule is C[C@@H]1CNCC[C@H]1NC(=O)OC(C)(C)C.C[C@H]1CNCC[C@@H]1NC(=O)OC(C)(C)C. The highest BCUT2D eigenvalue weighted by Crippen LogP contribution is 2.13. The topological polar surface area (TPSA) is 101 Å². The molecule has 0 saturated carbocycles. The van der Waals surface area contributed by atoms with Crippen LogP contribution >= 0.6 is 0 Å². The lowest BCUT2D eigenvalue weighted by Crippen LogP contribution is -2.49. The second-order valence-corrected chi connectivity index (χ2v) is 10.4. The van der Waals surface area contributed by atoms with Crippen molar-refractivity contribution in [2.75, 3.05) is 26.2 Å². The first kappa shape index (κ1) is 26.5. The molecule has 0 spiro atoms. The maximum atomic E-state index is 11.5. The zero-order valence-electron chi connectivity index (χ0n) is 20.2. The first-order valence-corrected chi connectivity index (χ1v) is 11.2. The number of rotatable bonds is 2. The number of carbonyl (C=O) groups is 2. The Morgan fingerprint density at radius 3 is 1.33 bits per heavy atom. The largest absolute Gasteiger partial charge is 0.444 e. The van der Waals surface area contributed by atoms with Crippen LogP contribution < -0.4 is 21.3 Å². The van der Waals surface area contributed by atoms with Crippen LogP contribution in [0.1, 0.15) is 68.2 Å². The van der Waals surface area contributed by atoms with Gasteiger partial charge >= 0.3 is 12.2 Å². The van der Waals surface area contributed by atoms with E-state index in [2.05, 4.69) is 35.1 Å². The number of carbonyl (C=O) groups excluding carboxylic acids is 2. The van der Waals surface area contributed by atoms with Gasteiger partial charge in [0, 0.05) is 12.1 Å². The fourth-order valence-corrected chi connectivity index (χ4v) is 3.37. The standard InChI is InChI=1S/2C11H22N2O2/c2*1-8-7-12-6-5-9(8)13-10(14)15-11(2,3)4/h2*8-9,12H,5-7H2,1-4H3,(H,13,14)/t2*8-,9-/m10/s1. The highest BCUT2D eigenvalue weighted by molar-refractivity contribution is 5.68.